The Bertz CT molecular complexity index is 1420. The van der Waals surface area contributed by atoms with Gasteiger partial charge in [0.05, 0.1) is 22.9 Å². The highest BCUT2D eigenvalue weighted by Crippen LogP contribution is 2.32. The molecule has 0 radical (unpaired) electrons. The van der Waals surface area contributed by atoms with Crippen LogP contribution in [-0.2, 0) is 4.79 Å². The lowest BCUT2D eigenvalue weighted by atomic mass is 10.0. The van der Waals surface area contributed by atoms with Crippen molar-refractivity contribution in [3.63, 3.8) is 0 Å². The van der Waals surface area contributed by atoms with E-state index in [1.54, 1.807) is 30.7 Å². The third kappa shape index (κ3) is 3.68. The number of aromatic nitrogens is 6. The molecule has 5 aromatic rings. The number of carbonyl (C=O) groups is 1. The molecule has 0 saturated heterocycles. The summed E-state index contributed by atoms with van der Waals surface area (Å²) in [5.74, 6) is 0.242. The second-order valence-corrected chi connectivity index (χ2v) is 8.02. The molecule has 0 atom stereocenters. The minimum atomic E-state index is -0.425. The SMILES string of the molecule is CC(C)CC(=O)Nc1cncc(-c2cc3c(-c4nc5ncccc5[nH]4)n[nH]c3cc2F)c1. The molecule has 0 aliphatic rings. The van der Waals surface area contributed by atoms with Gasteiger partial charge in [-0.15, -0.1) is 0 Å². The maximum atomic E-state index is 15.0. The number of hydrogen-bond acceptors (Lipinski definition) is 5. The fraction of sp³-hybridized carbons (Fsp3) is 0.174. The number of halogens is 1. The van der Waals surface area contributed by atoms with E-state index >= 15 is 0 Å². The maximum Gasteiger partial charge on any atom is 0.224 e. The summed E-state index contributed by atoms with van der Waals surface area (Å²) in [4.78, 5) is 28.2. The van der Waals surface area contributed by atoms with E-state index in [0.29, 0.717) is 51.3 Å². The maximum absolute atomic E-state index is 15.0. The molecule has 0 aliphatic carbocycles. The Labute approximate surface area is 182 Å². The van der Waals surface area contributed by atoms with Crippen LogP contribution >= 0.6 is 0 Å². The van der Waals surface area contributed by atoms with Crippen LogP contribution in [0.3, 0.4) is 0 Å². The number of imidazole rings is 1. The van der Waals surface area contributed by atoms with Crippen molar-refractivity contribution in [1.82, 2.24) is 30.1 Å². The van der Waals surface area contributed by atoms with Crippen LogP contribution in [0, 0.1) is 11.7 Å². The van der Waals surface area contributed by atoms with Crippen molar-refractivity contribution in [3.05, 3.63) is 54.7 Å². The molecular weight excluding hydrogens is 409 g/mol. The summed E-state index contributed by atoms with van der Waals surface area (Å²) in [5.41, 5.74) is 3.89. The van der Waals surface area contributed by atoms with Crippen molar-refractivity contribution in [1.29, 1.82) is 0 Å². The largest absolute Gasteiger partial charge is 0.335 e. The number of aromatic amines is 2. The fourth-order valence-electron chi connectivity index (χ4n) is 3.64. The summed E-state index contributed by atoms with van der Waals surface area (Å²) >= 11 is 0. The van der Waals surface area contributed by atoms with Crippen LogP contribution in [0.1, 0.15) is 20.3 Å². The Morgan fingerprint density at radius 2 is 2.06 bits per heavy atom. The molecular formula is C23H20FN7O. The number of rotatable bonds is 5. The third-order valence-electron chi connectivity index (χ3n) is 5.06. The molecule has 32 heavy (non-hydrogen) atoms. The molecule has 8 nitrogen and oxygen atoms in total. The smallest absolute Gasteiger partial charge is 0.224 e. The second kappa shape index (κ2) is 7.84. The zero-order chi connectivity index (χ0) is 22.2. The Morgan fingerprint density at radius 3 is 2.88 bits per heavy atom. The number of amides is 1. The highest BCUT2D eigenvalue weighted by atomic mass is 19.1. The molecule has 5 rings (SSSR count). The minimum absolute atomic E-state index is 0.106. The van der Waals surface area contributed by atoms with Gasteiger partial charge in [0.15, 0.2) is 11.5 Å². The molecule has 4 aromatic heterocycles. The summed E-state index contributed by atoms with van der Waals surface area (Å²) in [6.45, 7) is 3.94. The number of nitrogens with one attached hydrogen (secondary N) is 3. The molecule has 4 heterocycles. The molecule has 0 spiro atoms. The van der Waals surface area contributed by atoms with E-state index in [1.807, 2.05) is 26.0 Å². The zero-order valence-electron chi connectivity index (χ0n) is 17.5. The van der Waals surface area contributed by atoms with Gasteiger partial charge in [0, 0.05) is 41.4 Å². The average molecular weight is 429 g/mol. The van der Waals surface area contributed by atoms with Crippen molar-refractivity contribution in [3.8, 4) is 22.6 Å². The lowest BCUT2D eigenvalue weighted by molar-refractivity contribution is -0.116. The van der Waals surface area contributed by atoms with E-state index in [1.165, 1.54) is 6.07 Å². The molecule has 1 amide bonds. The Hall–Kier alpha value is -4.14. The van der Waals surface area contributed by atoms with Gasteiger partial charge >= 0.3 is 0 Å². The van der Waals surface area contributed by atoms with Crippen LogP contribution in [0.5, 0.6) is 0 Å². The van der Waals surface area contributed by atoms with Crippen molar-refractivity contribution in [2.24, 2.45) is 5.92 Å². The van der Waals surface area contributed by atoms with Crippen LogP contribution in [0.15, 0.2) is 48.9 Å². The summed E-state index contributed by atoms with van der Waals surface area (Å²) < 4.78 is 15.0. The van der Waals surface area contributed by atoms with E-state index in [9.17, 15) is 9.18 Å². The molecule has 0 saturated carbocycles. The molecule has 0 bridgehead atoms. The number of fused-ring (bicyclic) bond motifs is 2. The van der Waals surface area contributed by atoms with Crippen LogP contribution in [0.25, 0.3) is 44.7 Å². The van der Waals surface area contributed by atoms with Gasteiger partial charge in [-0.25, -0.2) is 14.4 Å². The number of carbonyl (C=O) groups excluding carboxylic acids is 1. The minimum Gasteiger partial charge on any atom is -0.335 e. The van der Waals surface area contributed by atoms with E-state index in [4.69, 9.17) is 0 Å². The predicted octanol–water partition coefficient (Wildman–Crippen LogP) is 4.69. The standard InChI is InChI=1S/C23H20FN7O/c1-12(2)6-20(32)27-14-7-13(10-25-11-14)15-8-16-19(9-17(15)24)30-31-21(16)23-28-18-4-3-5-26-22(18)29-23/h3-5,7-12H,6H2,1-2H3,(H,27,32)(H,30,31)(H,26,28,29). The van der Waals surface area contributed by atoms with Crippen LogP contribution in [0.2, 0.25) is 0 Å². The van der Waals surface area contributed by atoms with Gasteiger partial charge in [0.2, 0.25) is 5.91 Å². The highest BCUT2D eigenvalue weighted by Gasteiger charge is 2.17. The summed E-state index contributed by atoms with van der Waals surface area (Å²) in [5, 5.41) is 10.7. The molecule has 0 aliphatic heterocycles. The van der Waals surface area contributed by atoms with Crippen molar-refractivity contribution < 1.29 is 9.18 Å². The van der Waals surface area contributed by atoms with Gasteiger partial charge < -0.3 is 10.3 Å². The molecule has 9 heteroatoms. The van der Waals surface area contributed by atoms with E-state index in [0.717, 1.165) is 5.52 Å². The average Bonchev–Trinajstić information content (AvgIpc) is 3.36. The van der Waals surface area contributed by atoms with E-state index < -0.39 is 5.82 Å². The summed E-state index contributed by atoms with van der Waals surface area (Å²) in [7, 11) is 0. The van der Waals surface area contributed by atoms with Crippen molar-refractivity contribution >= 4 is 33.7 Å². The van der Waals surface area contributed by atoms with Gasteiger partial charge in [0.25, 0.3) is 0 Å². The highest BCUT2D eigenvalue weighted by molar-refractivity contribution is 5.96. The van der Waals surface area contributed by atoms with Gasteiger partial charge in [0.1, 0.15) is 11.5 Å². The normalized spacial score (nSPS) is 11.5. The molecule has 0 fully saturated rings. The number of hydrogen-bond donors (Lipinski definition) is 3. The lowest BCUT2D eigenvalue weighted by Crippen LogP contribution is -2.14. The molecule has 0 unspecified atom stereocenters. The quantitative estimate of drug-likeness (QED) is 0.375. The van der Waals surface area contributed by atoms with Crippen LogP contribution in [-0.4, -0.2) is 36.0 Å². The van der Waals surface area contributed by atoms with Gasteiger partial charge in [-0.1, -0.05) is 13.8 Å². The van der Waals surface area contributed by atoms with Crippen LogP contribution in [0.4, 0.5) is 10.1 Å². The lowest BCUT2D eigenvalue weighted by Gasteiger charge is -2.09. The summed E-state index contributed by atoms with van der Waals surface area (Å²) in [6, 6.07) is 8.51. The van der Waals surface area contributed by atoms with E-state index in [-0.39, 0.29) is 11.8 Å². The van der Waals surface area contributed by atoms with Crippen molar-refractivity contribution in [2.45, 2.75) is 20.3 Å². The molecule has 1 aromatic carbocycles. The van der Waals surface area contributed by atoms with E-state index in [2.05, 4.69) is 35.5 Å². The molecule has 3 N–H and O–H groups in total. The fourth-order valence-corrected chi connectivity index (χ4v) is 3.64. The first-order chi connectivity index (χ1) is 15.5. The number of pyridine rings is 2. The third-order valence-corrected chi connectivity index (χ3v) is 5.06. The Balaban J connectivity index is 1.55. The summed E-state index contributed by atoms with van der Waals surface area (Å²) in [6.07, 6.45) is 5.17. The van der Waals surface area contributed by atoms with Crippen LogP contribution < -0.4 is 5.32 Å². The first kappa shape index (κ1) is 19.8. The Kier molecular flexibility index (Phi) is 4.85. The number of benzene rings is 1. The number of nitrogens with zero attached hydrogens (tertiary/aromatic N) is 4. The Morgan fingerprint density at radius 1 is 1.19 bits per heavy atom. The topological polar surface area (TPSA) is 112 Å². The predicted molar refractivity (Wildman–Crippen MR) is 120 cm³/mol. The first-order valence-electron chi connectivity index (χ1n) is 10.2. The molecule has 160 valence electrons. The van der Waals surface area contributed by atoms with Gasteiger partial charge in [-0.2, -0.15) is 5.10 Å². The van der Waals surface area contributed by atoms with Gasteiger partial charge in [-0.3, -0.25) is 14.9 Å². The first-order valence-corrected chi connectivity index (χ1v) is 10.2. The zero-order valence-corrected chi connectivity index (χ0v) is 17.5. The number of anilines is 1. The van der Waals surface area contributed by atoms with Crippen molar-refractivity contribution in [2.75, 3.05) is 5.32 Å². The number of H-pyrrole nitrogens is 2. The monoisotopic (exact) mass is 429 g/mol. The van der Waals surface area contributed by atoms with Gasteiger partial charge in [-0.05, 0) is 30.2 Å². The second-order valence-electron chi connectivity index (χ2n) is 8.02.